The minimum atomic E-state index is 0.834. The van der Waals surface area contributed by atoms with E-state index in [1.807, 2.05) is 12.1 Å². The fraction of sp³-hybridized carbons (Fsp3) is 0. The minimum absolute atomic E-state index is 0.834. The van der Waals surface area contributed by atoms with Gasteiger partial charge in [0, 0.05) is 16.2 Å². The van der Waals surface area contributed by atoms with Crippen LogP contribution in [0, 0.1) is 0 Å². The maximum absolute atomic E-state index is 5.36. The maximum atomic E-state index is 5.36. The molecule has 0 saturated carbocycles. The Labute approximate surface area is 252 Å². The lowest BCUT2D eigenvalue weighted by Crippen LogP contribution is -2.06. The second-order valence-electron chi connectivity index (χ2n) is 11.5. The molecule has 10 rings (SSSR count). The molecule has 0 N–H and O–H groups in total. The summed E-state index contributed by atoms with van der Waals surface area (Å²) in [5.74, 6) is 0.834. The van der Waals surface area contributed by atoms with Crippen LogP contribution in [-0.4, -0.2) is 18.9 Å². The average Bonchev–Trinajstić information content (AvgIpc) is 3.64. The van der Waals surface area contributed by atoms with Crippen molar-refractivity contribution in [3.63, 3.8) is 0 Å². The molecule has 0 aliphatic carbocycles. The van der Waals surface area contributed by atoms with E-state index in [2.05, 4.69) is 142 Å². The van der Waals surface area contributed by atoms with Gasteiger partial charge in [0.15, 0.2) is 0 Å². The summed E-state index contributed by atoms with van der Waals surface area (Å²) in [4.78, 5) is 10.5. The molecule has 7 aromatic carbocycles. The van der Waals surface area contributed by atoms with Crippen molar-refractivity contribution in [3.8, 4) is 17.1 Å². The van der Waals surface area contributed by atoms with Crippen molar-refractivity contribution >= 4 is 70.9 Å². The normalized spacial score (nSPS) is 12.1. The molecule has 0 aliphatic rings. The molecule has 0 aliphatic heterocycles. The highest BCUT2D eigenvalue weighted by Crippen LogP contribution is 2.40. The van der Waals surface area contributed by atoms with Gasteiger partial charge in [-0.05, 0) is 75.1 Å². The zero-order valence-electron chi connectivity index (χ0n) is 23.6. The van der Waals surface area contributed by atoms with Crippen LogP contribution in [0.1, 0.15) is 0 Å². The molecule has 3 heterocycles. The fourth-order valence-corrected chi connectivity index (χ4v) is 7.13. The van der Waals surface area contributed by atoms with E-state index in [9.17, 15) is 0 Å². The van der Waals surface area contributed by atoms with Crippen LogP contribution >= 0.6 is 0 Å². The largest absolute Gasteiger partial charge is 0.279 e. The lowest BCUT2D eigenvalue weighted by molar-refractivity contribution is 0.980. The van der Waals surface area contributed by atoms with Crippen molar-refractivity contribution in [2.24, 2.45) is 0 Å². The Morgan fingerprint density at radius 3 is 2.00 bits per heavy atom. The van der Waals surface area contributed by atoms with Gasteiger partial charge in [-0.2, -0.15) is 0 Å². The molecule has 204 valence electrons. The van der Waals surface area contributed by atoms with Gasteiger partial charge < -0.3 is 0 Å². The highest BCUT2D eigenvalue weighted by Gasteiger charge is 2.21. The Morgan fingerprint density at radius 2 is 1.11 bits per heavy atom. The van der Waals surface area contributed by atoms with Crippen LogP contribution in [-0.2, 0) is 0 Å². The van der Waals surface area contributed by atoms with Crippen LogP contribution in [0.3, 0.4) is 0 Å². The molecule has 0 radical (unpaired) electrons. The first-order valence-electron chi connectivity index (χ1n) is 14.9. The molecule has 0 saturated heterocycles. The number of benzene rings is 7. The predicted molar refractivity (Wildman–Crippen MR) is 183 cm³/mol. The zero-order chi connectivity index (χ0) is 28.8. The third-order valence-corrected chi connectivity index (χ3v) is 9.08. The van der Waals surface area contributed by atoms with Crippen LogP contribution in [0.15, 0.2) is 146 Å². The minimum Gasteiger partial charge on any atom is -0.279 e. The van der Waals surface area contributed by atoms with E-state index < -0.39 is 0 Å². The number of imidazole rings is 1. The Hall–Kier alpha value is -6.00. The van der Waals surface area contributed by atoms with Gasteiger partial charge in [0.2, 0.25) is 5.95 Å². The highest BCUT2D eigenvalue weighted by molar-refractivity contribution is 6.22. The summed E-state index contributed by atoms with van der Waals surface area (Å²) >= 11 is 0. The molecule has 0 amide bonds. The molecule has 10 aromatic rings. The summed E-state index contributed by atoms with van der Waals surface area (Å²) in [5.41, 5.74) is 8.50. The van der Waals surface area contributed by atoms with Crippen LogP contribution in [0.4, 0.5) is 0 Å². The SMILES string of the molecule is c1ccc2c(-c3ccc4c(c3)c3c5ccccc5ccc3n4-c3nc4ccccc4c4nc5ccccc5n34)cccc2c1. The zero-order valence-corrected chi connectivity index (χ0v) is 23.6. The van der Waals surface area contributed by atoms with Crippen molar-refractivity contribution in [2.75, 3.05) is 0 Å². The van der Waals surface area contributed by atoms with E-state index in [1.54, 1.807) is 0 Å². The summed E-state index contributed by atoms with van der Waals surface area (Å²) < 4.78 is 4.56. The van der Waals surface area contributed by atoms with Crippen molar-refractivity contribution in [1.29, 1.82) is 0 Å². The van der Waals surface area contributed by atoms with Crippen molar-refractivity contribution in [2.45, 2.75) is 0 Å². The summed E-state index contributed by atoms with van der Waals surface area (Å²) in [6.07, 6.45) is 0. The van der Waals surface area contributed by atoms with Crippen molar-refractivity contribution in [3.05, 3.63) is 146 Å². The first-order chi connectivity index (χ1) is 21.8. The van der Waals surface area contributed by atoms with E-state index in [0.29, 0.717) is 0 Å². The highest BCUT2D eigenvalue weighted by atomic mass is 15.2. The summed E-state index contributed by atoms with van der Waals surface area (Å²) in [6.45, 7) is 0. The van der Waals surface area contributed by atoms with Crippen molar-refractivity contribution < 1.29 is 0 Å². The Balaban J connectivity index is 1.39. The topological polar surface area (TPSA) is 35.1 Å². The molecule has 0 fully saturated rings. The number of para-hydroxylation sites is 3. The third-order valence-electron chi connectivity index (χ3n) is 9.08. The van der Waals surface area contributed by atoms with Crippen LogP contribution < -0.4 is 0 Å². The molecular weight excluding hydrogens is 536 g/mol. The van der Waals surface area contributed by atoms with Crippen LogP contribution in [0.2, 0.25) is 0 Å². The van der Waals surface area contributed by atoms with Gasteiger partial charge in [-0.1, -0.05) is 103 Å². The van der Waals surface area contributed by atoms with Gasteiger partial charge in [0.25, 0.3) is 0 Å². The number of fused-ring (bicyclic) bond motifs is 11. The predicted octanol–water partition coefficient (Wildman–Crippen LogP) is 10.1. The van der Waals surface area contributed by atoms with Gasteiger partial charge in [-0.25, -0.2) is 9.97 Å². The molecule has 4 nitrogen and oxygen atoms in total. The molecule has 3 aromatic heterocycles. The quantitative estimate of drug-likeness (QED) is 0.211. The molecular formula is C40H24N4. The number of hydrogen-bond donors (Lipinski definition) is 0. The first-order valence-corrected chi connectivity index (χ1v) is 14.9. The standard InChI is InChI=1S/C40H24N4/c1-3-13-28-25(10-1)12-9-16-29(28)27-21-22-35-32(24-27)38-30-14-4-2-11-26(30)20-23-37(38)43(35)40-42-33-17-6-5-15-31(33)39-41-34-18-7-8-19-36(34)44(39)40/h1-24H. The lowest BCUT2D eigenvalue weighted by Gasteiger charge is -2.13. The molecule has 44 heavy (non-hydrogen) atoms. The van der Waals surface area contributed by atoms with E-state index in [1.165, 1.54) is 43.4 Å². The number of hydrogen-bond acceptors (Lipinski definition) is 2. The second kappa shape index (κ2) is 8.76. The Morgan fingerprint density at radius 1 is 0.432 bits per heavy atom. The monoisotopic (exact) mass is 560 g/mol. The number of aromatic nitrogens is 4. The number of nitrogens with zero attached hydrogens (tertiary/aromatic N) is 4. The van der Waals surface area contributed by atoms with Crippen LogP contribution in [0.25, 0.3) is 88.0 Å². The van der Waals surface area contributed by atoms with E-state index in [0.717, 1.165) is 44.6 Å². The third kappa shape index (κ3) is 3.17. The van der Waals surface area contributed by atoms with E-state index >= 15 is 0 Å². The van der Waals surface area contributed by atoms with Crippen LogP contribution in [0.5, 0.6) is 0 Å². The Kier molecular flexibility index (Phi) is 4.69. The molecule has 0 unspecified atom stereocenters. The van der Waals surface area contributed by atoms with Gasteiger partial charge in [-0.3, -0.25) is 8.97 Å². The lowest BCUT2D eigenvalue weighted by atomic mass is 9.96. The van der Waals surface area contributed by atoms with Crippen molar-refractivity contribution in [1.82, 2.24) is 18.9 Å². The Bertz CT molecular complexity index is 2780. The average molecular weight is 561 g/mol. The summed E-state index contributed by atoms with van der Waals surface area (Å²) in [5, 5.41) is 8.42. The first kappa shape index (κ1) is 23.6. The summed E-state index contributed by atoms with van der Waals surface area (Å²) in [6, 6.07) is 51.9. The molecule has 0 atom stereocenters. The van der Waals surface area contributed by atoms with E-state index in [4.69, 9.17) is 9.97 Å². The molecule has 4 heteroatoms. The smallest absolute Gasteiger partial charge is 0.221 e. The van der Waals surface area contributed by atoms with Gasteiger partial charge in [-0.15, -0.1) is 0 Å². The molecule has 0 spiro atoms. The number of rotatable bonds is 2. The second-order valence-corrected chi connectivity index (χ2v) is 11.5. The summed E-state index contributed by atoms with van der Waals surface area (Å²) in [7, 11) is 0. The maximum Gasteiger partial charge on any atom is 0.221 e. The van der Waals surface area contributed by atoms with Gasteiger partial charge in [0.05, 0.1) is 27.6 Å². The fourth-order valence-electron chi connectivity index (χ4n) is 7.13. The van der Waals surface area contributed by atoms with E-state index in [-0.39, 0.29) is 0 Å². The van der Waals surface area contributed by atoms with Gasteiger partial charge >= 0.3 is 0 Å². The molecule has 0 bridgehead atoms. The van der Waals surface area contributed by atoms with Gasteiger partial charge in [0.1, 0.15) is 5.65 Å².